The van der Waals surface area contributed by atoms with Gasteiger partial charge in [-0.1, -0.05) is 6.42 Å². The number of aryl methyl sites for hydroxylation is 1. The van der Waals surface area contributed by atoms with Gasteiger partial charge in [-0.3, -0.25) is 9.69 Å². The molecule has 6 nitrogen and oxygen atoms in total. The van der Waals surface area contributed by atoms with E-state index in [0.717, 1.165) is 63.6 Å². The highest BCUT2D eigenvalue weighted by Gasteiger charge is 2.30. The Morgan fingerprint density at radius 2 is 1.95 bits per heavy atom. The fourth-order valence-electron chi connectivity index (χ4n) is 3.05. The standard InChI is InChI=1S/C15H25N5O/c1-12-16-17-14(18(12)2)11-19-7-4-8-20(10-9-19)15(21)13-5-3-6-13/h13H,3-11H2,1-2H3. The first-order chi connectivity index (χ1) is 10.1. The van der Waals surface area contributed by atoms with Gasteiger partial charge >= 0.3 is 0 Å². The number of aromatic nitrogens is 3. The van der Waals surface area contributed by atoms with Crippen molar-refractivity contribution < 1.29 is 4.79 Å². The summed E-state index contributed by atoms with van der Waals surface area (Å²) in [6.45, 7) is 6.52. The first-order valence-electron chi connectivity index (χ1n) is 8.01. The van der Waals surface area contributed by atoms with Crippen LogP contribution in [0.3, 0.4) is 0 Å². The highest BCUT2D eigenvalue weighted by molar-refractivity contribution is 5.79. The molecule has 1 saturated heterocycles. The molecular weight excluding hydrogens is 266 g/mol. The van der Waals surface area contributed by atoms with Gasteiger partial charge in [-0.15, -0.1) is 10.2 Å². The summed E-state index contributed by atoms with van der Waals surface area (Å²) in [6.07, 6.45) is 4.46. The van der Waals surface area contributed by atoms with Crippen LogP contribution in [0.2, 0.25) is 0 Å². The second-order valence-corrected chi connectivity index (χ2v) is 6.31. The minimum atomic E-state index is 0.318. The molecule has 1 aliphatic heterocycles. The molecule has 0 aromatic carbocycles. The molecule has 0 atom stereocenters. The third-order valence-electron chi connectivity index (χ3n) is 4.90. The average molecular weight is 291 g/mol. The molecular formula is C15H25N5O. The molecule has 21 heavy (non-hydrogen) atoms. The van der Waals surface area contributed by atoms with Crippen LogP contribution in [0.4, 0.5) is 0 Å². The topological polar surface area (TPSA) is 54.3 Å². The van der Waals surface area contributed by atoms with E-state index in [1.54, 1.807) is 0 Å². The Balaban J connectivity index is 1.55. The lowest BCUT2D eigenvalue weighted by atomic mass is 9.84. The van der Waals surface area contributed by atoms with E-state index < -0.39 is 0 Å². The first-order valence-corrected chi connectivity index (χ1v) is 8.01. The number of carbonyl (C=O) groups excluding carboxylic acids is 1. The third kappa shape index (κ3) is 3.10. The fraction of sp³-hybridized carbons (Fsp3) is 0.800. The zero-order valence-electron chi connectivity index (χ0n) is 13.1. The van der Waals surface area contributed by atoms with Crippen LogP contribution in [0.1, 0.15) is 37.3 Å². The summed E-state index contributed by atoms with van der Waals surface area (Å²) in [6, 6.07) is 0. The Morgan fingerprint density at radius 1 is 1.14 bits per heavy atom. The van der Waals surface area contributed by atoms with Crippen molar-refractivity contribution in [2.75, 3.05) is 26.2 Å². The monoisotopic (exact) mass is 291 g/mol. The van der Waals surface area contributed by atoms with E-state index in [4.69, 9.17) is 0 Å². The summed E-state index contributed by atoms with van der Waals surface area (Å²) in [5.41, 5.74) is 0. The highest BCUT2D eigenvalue weighted by Crippen LogP contribution is 2.28. The maximum atomic E-state index is 12.3. The van der Waals surface area contributed by atoms with Crippen LogP contribution < -0.4 is 0 Å². The number of hydrogen-bond donors (Lipinski definition) is 0. The van der Waals surface area contributed by atoms with Crippen molar-refractivity contribution in [1.82, 2.24) is 24.6 Å². The quantitative estimate of drug-likeness (QED) is 0.832. The lowest BCUT2D eigenvalue weighted by molar-refractivity contribution is -0.138. The van der Waals surface area contributed by atoms with E-state index in [-0.39, 0.29) is 0 Å². The van der Waals surface area contributed by atoms with Crippen LogP contribution in [0.5, 0.6) is 0 Å². The van der Waals surface area contributed by atoms with Crippen LogP contribution in [-0.4, -0.2) is 56.7 Å². The molecule has 2 fully saturated rings. The molecule has 2 aliphatic rings. The second-order valence-electron chi connectivity index (χ2n) is 6.31. The average Bonchev–Trinajstić information content (AvgIpc) is 2.64. The summed E-state index contributed by atoms with van der Waals surface area (Å²) in [5, 5.41) is 8.35. The minimum Gasteiger partial charge on any atom is -0.341 e. The van der Waals surface area contributed by atoms with E-state index in [0.29, 0.717) is 11.8 Å². The number of amides is 1. The Morgan fingerprint density at radius 3 is 2.57 bits per heavy atom. The van der Waals surface area contributed by atoms with Crippen LogP contribution in [0, 0.1) is 12.8 Å². The van der Waals surface area contributed by atoms with Crippen molar-refractivity contribution in [3.63, 3.8) is 0 Å². The zero-order chi connectivity index (χ0) is 14.8. The SMILES string of the molecule is Cc1nnc(CN2CCCN(C(=O)C3CCC3)CC2)n1C. The van der Waals surface area contributed by atoms with Crippen molar-refractivity contribution in [3.8, 4) is 0 Å². The van der Waals surface area contributed by atoms with Crippen molar-refractivity contribution in [3.05, 3.63) is 11.6 Å². The van der Waals surface area contributed by atoms with Gasteiger partial charge in [0.05, 0.1) is 6.54 Å². The first kappa shape index (κ1) is 14.5. The van der Waals surface area contributed by atoms with E-state index in [1.807, 2.05) is 18.5 Å². The van der Waals surface area contributed by atoms with Crippen LogP contribution in [0.25, 0.3) is 0 Å². The summed E-state index contributed by atoms with van der Waals surface area (Å²) >= 11 is 0. The molecule has 1 aliphatic carbocycles. The maximum absolute atomic E-state index is 12.3. The number of rotatable bonds is 3. The van der Waals surface area contributed by atoms with Crippen molar-refractivity contribution in [2.24, 2.45) is 13.0 Å². The lowest BCUT2D eigenvalue weighted by Gasteiger charge is -2.31. The van der Waals surface area contributed by atoms with Crippen molar-refractivity contribution in [1.29, 1.82) is 0 Å². The minimum absolute atomic E-state index is 0.318. The largest absolute Gasteiger partial charge is 0.341 e. The molecule has 1 aromatic heterocycles. The Bertz CT molecular complexity index is 508. The molecule has 0 radical (unpaired) electrons. The van der Waals surface area contributed by atoms with Gasteiger partial charge in [0.1, 0.15) is 11.6 Å². The summed E-state index contributed by atoms with van der Waals surface area (Å²) in [7, 11) is 2.01. The smallest absolute Gasteiger partial charge is 0.225 e. The fourth-order valence-corrected chi connectivity index (χ4v) is 3.05. The van der Waals surface area contributed by atoms with Crippen LogP contribution in [-0.2, 0) is 18.4 Å². The van der Waals surface area contributed by atoms with Gasteiger partial charge in [-0.25, -0.2) is 0 Å². The molecule has 6 heteroatoms. The number of carbonyl (C=O) groups is 1. The highest BCUT2D eigenvalue weighted by atomic mass is 16.2. The Labute approximate surface area is 126 Å². The van der Waals surface area contributed by atoms with Crippen LogP contribution in [0.15, 0.2) is 0 Å². The molecule has 3 rings (SSSR count). The zero-order valence-corrected chi connectivity index (χ0v) is 13.1. The molecule has 0 unspecified atom stereocenters. The van der Waals surface area contributed by atoms with E-state index in [9.17, 15) is 4.79 Å². The molecule has 116 valence electrons. The molecule has 1 saturated carbocycles. The predicted octanol–water partition coefficient (Wildman–Crippen LogP) is 0.958. The van der Waals surface area contributed by atoms with Gasteiger partial charge in [0.2, 0.25) is 5.91 Å². The lowest BCUT2D eigenvalue weighted by Crippen LogP contribution is -2.41. The Kier molecular flexibility index (Phi) is 4.24. The summed E-state index contributed by atoms with van der Waals surface area (Å²) in [5.74, 6) is 2.66. The van der Waals surface area contributed by atoms with Gasteiger partial charge in [-0.05, 0) is 26.2 Å². The Hall–Kier alpha value is -1.43. The van der Waals surface area contributed by atoms with E-state index in [1.165, 1.54) is 6.42 Å². The summed E-state index contributed by atoms with van der Waals surface area (Å²) in [4.78, 5) is 16.8. The molecule has 1 aromatic rings. The molecule has 1 amide bonds. The van der Waals surface area contributed by atoms with Gasteiger partial charge in [-0.2, -0.15) is 0 Å². The van der Waals surface area contributed by atoms with E-state index >= 15 is 0 Å². The summed E-state index contributed by atoms with van der Waals surface area (Å²) < 4.78 is 2.04. The number of nitrogens with zero attached hydrogens (tertiary/aromatic N) is 5. The van der Waals surface area contributed by atoms with Gasteiger partial charge in [0.25, 0.3) is 0 Å². The third-order valence-corrected chi connectivity index (χ3v) is 4.90. The molecule has 0 spiro atoms. The van der Waals surface area contributed by atoms with Crippen molar-refractivity contribution in [2.45, 2.75) is 39.2 Å². The number of hydrogen-bond acceptors (Lipinski definition) is 4. The van der Waals surface area contributed by atoms with Crippen molar-refractivity contribution >= 4 is 5.91 Å². The maximum Gasteiger partial charge on any atom is 0.225 e. The normalized spacial score (nSPS) is 21.1. The van der Waals surface area contributed by atoms with E-state index in [2.05, 4.69) is 20.0 Å². The van der Waals surface area contributed by atoms with Gasteiger partial charge < -0.3 is 9.47 Å². The molecule has 0 N–H and O–H groups in total. The van der Waals surface area contributed by atoms with Crippen LogP contribution >= 0.6 is 0 Å². The molecule has 0 bridgehead atoms. The molecule has 2 heterocycles. The van der Waals surface area contributed by atoms with Gasteiger partial charge in [0, 0.05) is 39.1 Å². The van der Waals surface area contributed by atoms with Gasteiger partial charge in [0.15, 0.2) is 0 Å². The second kappa shape index (κ2) is 6.13. The predicted molar refractivity (Wildman–Crippen MR) is 79.6 cm³/mol.